The number of nitrogens with zero attached hydrogens (tertiary/aromatic N) is 2. The van der Waals surface area contributed by atoms with Gasteiger partial charge in [0.2, 0.25) is 0 Å². The summed E-state index contributed by atoms with van der Waals surface area (Å²) in [6, 6.07) is 15.0. The minimum Gasteiger partial charge on any atom is -0.388 e. The summed E-state index contributed by atoms with van der Waals surface area (Å²) in [7, 11) is 1.83. The zero-order chi connectivity index (χ0) is 30.3. The second-order valence-electron chi connectivity index (χ2n) is 10.9. The van der Waals surface area contributed by atoms with Gasteiger partial charge in [0.25, 0.3) is 0 Å². The molecule has 2 atom stereocenters. The number of unbranched alkanes of at least 4 members (excludes halogenated alkanes) is 1. The Morgan fingerprint density at radius 2 is 1.77 bits per heavy atom. The lowest BCUT2D eigenvalue weighted by atomic mass is 9.77. The van der Waals surface area contributed by atoms with Crippen molar-refractivity contribution in [1.29, 1.82) is 5.26 Å². The van der Waals surface area contributed by atoms with Crippen LogP contribution in [-0.4, -0.2) is 37.9 Å². The monoisotopic (exact) mass is 589 g/mol. The summed E-state index contributed by atoms with van der Waals surface area (Å²) in [5.41, 5.74) is 2.83. The fourth-order valence-corrected chi connectivity index (χ4v) is 4.74. The van der Waals surface area contributed by atoms with Crippen molar-refractivity contribution in [1.82, 2.24) is 4.90 Å². The molecule has 1 aliphatic heterocycles. The Bertz CT molecular complexity index is 970. The molecular formula is C34H53Cl2N3O. The largest absolute Gasteiger partial charge is 0.388 e. The van der Waals surface area contributed by atoms with Crippen LogP contribution < -0.4 is 5.32 Å². The van der Waals surface area contributed by atoms with Gasteiger partial charge >= 0.3 is 0 Å². The zero-order valence-electron chi connectivity index (χ0n) is 26.0. The predicted octanol–water partition coefficient (Wildman–Crippen LogP) is 10.1. The van der Waals surface area contributed by atoms with Crippen LogP contribution in [0.25, 0.3) is 0 Å². The maximum absolute atomic E-state index is 8.81. The highest BCUT2D eigenvalue weighted by Gasteiger charge is 2.20. The van der Waals surface area contributed by atoms with Gasteiger partial charge in [0, 0.05) is 12.7 Å². The van der Waals surface area contributed by atoms with Crippen molar-refractivity contribution in [2.75, 3.05) is 32.0 Å². The minimum absolute atomic E-state index is 0.577. The number of halogens is 2. The van der Waals surface area contributed by atoms with Crippen molar-refractivity contribution in [3.05, 3.63) is 63.6 Å². The first-order valence-corrected chi connectivity index (χ1v) is 15.6. The number of hydrogen-bond donors (Lipinski definition) is 1. The van der Waals surface area contributed by atoms with Gasteiger partial charge in [-0.2, -0.15) is 5.26 Å². The van der Waals surface area contributed by atoms with Crippen LogP contribution in [0, 0.1) is 36.0 Å². The number of carbonyl (C=O) groups is 1. The van der Waals surface area contributed by atoms with Gasteiger partial charge in [-0.3, -0.25) is 0 Å². The maximum atomic E-state index is 8.81. The summed E-state index contributed by atoms with van der Waals surface area (Å²) in [4.78, 5) is 11.3. The van der Waals surface area contributed by atoms with Crippen molar-refractivity contribution in [2.45, 2.75) is 86.5 Å². The fourth-order valence-electron chi connectivity index (χ4n) is 4.44. The molecule has 2 fully saturated rings. The van der Waals surface area contributed by atoms with Crippen LogP contribution in [0.3, 0.4) is 0 Å². The SMILES string of the molecule is CC1CCCC(C(C)C)C1.CC=O.CCCCN1CCC1.CNc1ccc(Cl)c(Cl)c1.Cc1cccc(C#N)c1. The molecule has 1 aliphatic carbocycles. The highest BCUT2D eigenvalue weighted by atomic mass is 35.5. The Balaban J connectivity index is 0.000000492. The molecule has 1 saturated carbocycles. The van der Waals surface area contributed by atoms with Gasteiger partial charge < -0.3 is 15.0 Å². The molecule has 2 aromatic rings. The molecule has 0 spiro atoms. The quantitative estimate of drug-likeness (QED) is 0.352. The van der Waals surface area contributed by atoms with Crippen LogP contribution in [0.1, 0.15) is 90.7 Å². The van der Waals surface area contributed by atoms with E-state index in [4.69, 9.17) is 33.3 Å². The summed E-state index contributed by atoms with van der Waals surface area (Å²) < 4.78 is 0. The van der Waals surface area contributed by atoms with E-state index in [0.29, 0.717) is 10.0 Å². The molecular weight excluding hydrogens is 537 g/mol. The highest BCUT2D eigenvalue weighted by Crippen LogP contribution is 2.33. The van der Waals surface area contributed by atoms with E-state index in [1.807, 2.05) is 38.2 Å². The van der Waals surface area contributed by atoms with Crippen LogP contribution in [0.4, 0.5) is 5.69 Å². The van der Waals surface area contributed by atoms with Crippen molar-refractivity contribution in [2.24, 2.45) is 17.8 Å². The van der Waals surface area contributed by atoms with E-state index < -0.39 is 0 Å². The Hall–Kier alpha value is -2.06. The van der Waals surface area contributed by atoms with Gasteiger partial charge in [-0.15, -0.1) is 0 Å². The smallest absolute Gasteiger partial charge is 0.116 e. The first kappa shape index (κ1) is 37.9. The fraction of sp³-hybridized carbons (Fsp3) is 0.588. The number of anilines is 1. The lowest BCUT2D eigenvalue weighted by molar-refractivity contribution is -0.106. The Morgan fingerprint density at radius 1 is 1.10 bits per heavy atom. The lowest BCUT2D eigenvalue weighted by Gasteiger charge is -2.30. The molecule has 1 heterocycles. The first-order valence-electron chi connectivity index (χ1n) is 14.8. The minimum atomic E-state index is 0.577. The maximum Gasteiger partial charge on any atom is 0.116 e. The van der Waals surface area contributed by atoms with Crippen molar-refractivity contribution >= 4 is 35.2 Å². The van der Waals surface area contributed by atoms with E-state index in [9.17, 15) is 0 Å². The predicted molar refractivity (Wildman–Crippen MR) is 176 cm³/mol. The first-order chi connectivity index (χ1) is 19.1. The molecule has 6 heteroatoms. The van der Waals surface area contributed by atoms with E-state index in [-0.39, 0.29) is 0 Å². The summed E-state index contributed by atoms with van der Waals surface area (Å²) in [6.07, 6.45) is 10.8. The second kappa shape index (κ2) is 23.6. The summed E-state index contributed by atoms with van der Waals surface area (Å²) in [5, 5.41) is 12.5. The van der Waals surface area contributed by atoms with E-state index in [0.717, 1.165) is 40.9 Å². The molecule has 2 aliphatic rings. The van der Waals surface area contributed by atoms with E-state index >= 15 is 0 Å². The molecule has 0 amide bonds. The molecule has 0 aromatic heterocycles. The molecule has 0 radical (unpaired) electrons. The third kappa shape index (κ3) is 18.3. The number of rotatable bonds is 5. The third-order valence-corrected chi connectivity index (χ3v) is 7.79. The van der Waals surface area contributed by atoms with Crippen molar-refractivity contribution < 1.29 is 4.79 Å². The van der Waals surface area contributed by atoms with Crippen LogP contribution in [-0.2, 0) is 4.79 Å². The van der Waals surface area contributed by atoms with Crippen molar-refractivity contribution in [3.8, 4) is 6.07 Å². The molecule has 2 aromatic carbocycles. The zero-order valence-corrected chi connectivity index (χ0v) is 27.5. The second-order valence-corrected chi connectivity index (χ2v) is 11.7. The van der Waals surface area contributed by atoms with Crippen LogP contribution in [0.5, 0.6) is 0 Å². The normalized spacial score (nSPS) is 17.4. The summed E-state index contributed by atoms with van der Waals surface area (Å²) in [6.45, 7) is 16.9. The van der Waals surface area contributed by atoms with Crippen LogP contribution in [0.2, 0.25) is 10.0 Å². The number of likely N-dealkylation sites (tertiary alicyclic amines) is 1. The van der Waals surface area contributed by atoms with Gasteiger partial charge in [0.1, 0.15) is 6.29 Å². The Kier molecular flexibility index (Phi) is 22.4. The number of nitrogens with one attached hydrogen (secondary N) is 1. The number of carbonyl (C=O) groups excluding carboxylic acids is 1. The summed E-state index contributed by atoms with van der Waals surface area (Å²) >= 11 is 11.4. The molecule has 2 unspecified atom stereocenters. The van der Waals surface area contributed by atoms with Crippen LogP contribution in [0.15, 0.2) is 42.5 Å². The third-order valence-electron chi connectivity index (χ3n) is 7.05. The van der Waals surface area contributed by atoms with Gasteiger partial charge in [0.15, 0.2) is 0 Å². The number of nitriles is 1. The molecule has 0 bridgehead atoms. The van der Waals surface area contributed by atoms with E-state index in [1.54, 1.807) is 18.2 Å². The van der Waals surface area contributed by atoms with Gasteiger partial charge in [-0.05, 0) is 106 Å². The molecule has 4 rings (SSSR count). The van der Waals surface area contributed by atoms with E-state index in [1.165, 1.54) is 71.5 Å². The van der Waals surface area contributed by atoms with Crippen molar-refractivity contribution in [3.63, 3.8) is 0 Å². The Morgan fingerprint density at radius 3 is 2.17 bits per heavy atom. The number of benzene rings is 2. The molecule has 1 N–H and O–H groups in total. The number of aldehydes is 1. The molecule has 4 nitrogen and oxygen atoms in total. The standard InChI is InChI=1S/C10H20.C8H7N.C7H7Cl2N.C7H15N.C2H4O/c1-8(2)10-6-4-5-9(3)7-10;1-7-3-2-4-8(5-7)6-9;1-10-5-2-3-6(8)7(9)4-5;1-2-3-5-8-6-4-7-8;1-2-3/h8-10H,4-7H2,1-3H3;2-5H,1H3;2-4,10H,1H3;2-7H2,1H3;2H,1H3. The summed E-state index contributed by atoms with van der Waals surface area (Å²) in [5.74, 6) is 2.95. The molecule has 40 heavy (non-hydrogen) atoms. The van der Waals surface area contributed by atoms with Gasteiger partial charge in [-0.1, -0.05) is 88.7 Å². The lowest BCUT2D eigenvalue weighted by Crippen LogP contribution is -2.37. The highest BCUT2D eigenvalue weighted by molar-refractivity contribution is 6.42. The average Bonchev–Trinajstić information content (AvgIpc) is 2.91. The Labute approximate surface area is 255 Å². The average molecular weight is 591 g/mol. The molecule has 224 valence electrons. The van der Waals surface area contributed by atoms with Gasteiger partial charge in [0.05, 0.1) is 21.7 Å². The number of hydrogen-bond acceptors (Lipinski definition) is 4. The number of aryl methyl sites for hydroxylation is 1. The van der Waals surface area contributed by atoms with Gasteiger partial charge in [-0.25, -0.2) is 0 Å². The molecule has 1 saturated heterocycles. The topological polar surface area (TPSA) is 56.1 Å². The van der Waals surface area contributed by atoms with Crippen LogP contribution >= 0.6 is 23.2 Å². The van der Waals surface area contributed by atoms with E-state index in [2.05, 4.69) is 44.0 Å².